The third kappa shape index (κ3) is 6.61. The first-order valence-corrected chi connectivity index (χ1v) is 7.46. The van der Waals surface area contributed by atoms with E-state index in [1.807, 2.05) is 44.2 Å². The summed E-state index contributed by atoms with van der Waals surface area (Å²) < 4.78 is 5.39. The van der Waals surface area contributed by atoms with Crippen LogP contribution in [0.1, 0.15) is 39.7 Å². The molecule has 22 heavy (non-hydrogen) atoms. The lowest BCUT2D eigenvalue weighted by Crippen LogP contribution is -2.45. The van der Waals surface area contributed by atoms with Crippen molar-refractivity contribution in [2.24, 2.45) is 5.92 Å². The van der Waals surface area contributed by atoms with E-state index in [0.717, 1.165) is 5.56 Å². The second-order valence-electron chi connectivity index (χ2n) is 6.48. The summed E-state index contributed by atoms with van der Waals surface area (Å²) in [6.07, 6.45) is 0.223. The van der Waals surface area contributed by atoms with Crippen LogP contribution in [0, 0.1) is 5.92 Å². The lowest BCUT2D eigenvalue weighted by atomic mass is 9.98. The molecule has 1 aromatic carbocycles. The number of ether oxygens (including phenoxy) is 1. The molecule has 0 saturated heterocycles. The molecule has 0 fully saturated rings. The van der Waals surface area contributed by atoms with Gasteiger partial charge in [-0.2, -0.15) is 0 Å². The lowest BCUT2D eigenvalue weighted by Gasteiger charge is -2.26. The molecule has 5 heteroatoms. The molecular formula is C17H25NO4. The van der Waals surface area contributed by atoms with Gasteiger partial charge in [0, 0.05) is 6.42 Å². The molecule has 0 spiro atoms. The third-order valence-electron chi connectivity index (χ3n) is 3.14. The molecule has 1 rings (SSSR count). The quantitative estimate of drug-likeness (QED) is 0.811. The van der Waals surface area contributed by atoms with Crippen LogP contribution in [0.2, 0.25) is 0 Å². The van der Waals surface area contributed by atoms with E-state index >= 15 is 0 Å². The van der Waals surface area contributed by atoms with E-state index in [9.17, 15) is 9.59 Å². The predicted molar refractivity (Wildman–Crippen MR) is 84.7 cm³/mol. The van der Waals surface area contributed by atoms with Crippen molar-refractivity contribution in [3.05, 3.63) is 35.9 Å². The van der Waals surface area contributed by atoms with Crippen LogP contribution in [0.5, 0.6) is 0 Å². The molecule has 0 aliphatic carbocycles. The van der Waals surface area contributed by atoms with Gasteiger partial charge in [-0.3, -0.25) is 0 Å². The summed E-state index contributed by atoms with van der Waals surface area (Å²) in [4.78, 5) is 23.1. The van der Waals surface area contributed by atoms with E-state index in [2.05, 4.69) is 5.32 Å². The summed E-state index contributed by atoms with van der Waals surface area (Å²) in [5, 5.41) is 11.6. The molecule has 0 aromatic heterocycles. The Hall–Kier alpha value is -2.04. The number of rotatable bonds is 7. The SMILES string of the molecule is CC(C)C[C@H](NC(=O)OC(C)(C)Cc1ccccc1)C(=O)O. The van der Waals surface area contributed by atoms with Crippen LogP contribution in [0.25, 0.3) is 0 Å². The molecule has 2 N–H and O–H groups in total. The van der Waals surface area contributed by atoms with Crippen LogP contribution in [0.4, 0.5) is 4.79 Å². The smallest absolute Gasteiger partial charge is 0.408 e. The van der Waals surface area contributed by atoms with E-state index in [1.54, 1.807) is 13.8 Å². The highest BCUT2D eigenvalue weighted by Gasteiger charge is 2.27. The van der Waals surface area contributed by atoms with Crippen molar-refractivity contribution < 1.29 is 19.4 Å². The van der Waals surface area contributed by atoms with Crippen molar-refractivity contribution in [2.45, 2.75) is 52.2 Å². The highest BCUT2D eigenvalue weighted by molar-refractivity contribution is 5.80. The number of carbonyl (C=O) groups is 2. The first kappa shape index (κ1) is 18.0. The maximum Gasteiger partial charge on any atom is 0.408 e. The van der Waals surface area contributed by atoms with Crippen LogP contribution >= 0.6 is 0 Å². The molecule has 0 aliphatic heterocycles. The first-order valence-electron chi connectivity index (χ1n) is 7.46. The maximum absolute atomic E-state index is 11.9. The Kier molecular flexibility index (Phi) is 6.40. The predicted octanol–water partition coefficient (Wildman–Crippen LogP) is 3.23. The van der Waals surface area contributed by atoms with Crippen LogP contribution in [-0.4, -0.2) is 28.8 Å². The monoisotopic (exact) mass is 307 g/mol. The highest BCUT2D eigenvalue weighted by atomic mass is 16.6. The molecule has 0 aliphatic rings. The van der Waals surface area contributed by atoms with Crippen LogP contribution < -0.4 is 5.32 Å². The molecular weight excluding hydrogens is 282 g/mol. The number of aliphatic carboxylic acids is 1. The van der Waals surface area contributed by atoms with Crippen molar-refractivity contribution in [3.8, 4) is 0 Å². The van der Waals surface area contributed by atoms with Crippen LogP contribution in [-0.2, 0) is 16.0 Å². The van der Waals surface area contributed by atoms with Crippen molar-refractivity contribution >= 4 is 12.1 Å². The van der Waals surface area contributed by atoms with Gasteiger partial charge in [0.1, 0.15) is 11.6 Å². The molecule has 0 unspecified atom stereocenters. The summed E-state index contributed by atoms with van der Waals surface area (Å²) in [6.45, 7) is 7.42. The Morgan fingerprint density at radius 1 is 1.23 bits per heavy atom. The summed E-state index contributed by atoms with van der Waals surface area (Å²) in [5.41, 5.74) is 0.337. The van der Waals surface area contributed by atoms with E-state index in [4.69, 9.17) is 9.84 Å². The van der Waals surface area contributed by atoms with Gasteiger partial charge < -0.3 is 15.2 Å². The molecule has 0 saturated carbocycles. The van der Waals surface area contributed by atoms with Crippen molar-refractivity contribution in [2.75, 3.05) is 0 Å². The van der Waals surface area contributed by atoms with E-state index in [-0.39, 0.29) is 5.92 Å². The Labute approximate surface area is 131 Å². The Morgan fingerprint density at radius 3 is 2.32 bits per heavy atom. The molecule has 1 amide bonds. The Bertz CT molecular complexity index is 497. The van der Waals surface area contributed by atoms with Gasteiger partial charge in [0.05, 0.1) is 0 Å². The Balaban J connectivity index is 2.60. The van der Waals surface area contributed by atoms with E-state index in [1.165, 1.54) is 0 Å². The number of hydrogen-bond donors (Lipinski definition) is 2. The minimum absolute atomic E-state index is 0.165. The Morgan fingerprint density at radius 2 is 1.82 bits per heavy atom. The largest absolute Gasteiger partial charge is 0.480 e. The minimum Gasteiger partial charge on any atom is -0.480 e. The van der Waals surface area contributed by atoms with Gasteiger partial charge in [0.25, 0.3) is 0 Å². The van der Waals surface area contributed by atoms with Gasteiger partial charge in [-0.15, -0.1) is 0 Å². The topological polar surface area (TPSA) is 75.6 Å². The highest BCUT2D eigenvalue weighted by Crippen LogP contribution is 2.17. The van der Waals surface area contributed by atoms with Crippen molar-refractivity contribution in [1.82, 2.24) is 5.32 Å². The van der Waals surface area contributed by atoms with Gasteiger partial charge in [0.2, 0.25) is 0 Å². The molecule has 0 bridgehead atoms. The number of alkyl carbamates (subject to hydrolysis) is 1. The zero-order chi connectivity index (χ0) is 16.8. The fourth-order valence-electron chi connectivity index (χ4n) is 2.24. The zero-order valence-corrected chi connectivity index (χ0v) is 13.6. The first-order chi connectivity index (χ1) is 10.2. The summed E-state index contributed by atoms with van der Waals surface area (Å²) in [5.74, 6) is -0.884. The number of carboxylic acid groups (broad SMARTS) is 1. The average Bonchev–Trinajstić information content (AvgIpc) is 2.36. The standard InChI is InChI=1S/C17H25NO4/c1-12(2)10-14(15(19)20)18-16(21)22-17(3,4)11-13-8-6-5-7-9-13/h5-9,12,14H,10-11H2,1-4H3,(H,18,21)(H,19,20)/t14-/m0/s1. The molecule has 1 atom stereocenters. The van der Waals surface area contributed by atoms with E-state index in [0.29, 0.717) is 12.8 Å². The van der Waals surface area contributed by atoms with Gasteiger partial charge in [-0.05, 0) is 31.7 Å². The molecule has 0 radical (unpaired) electrons. The lowest BCUT2D eigenvalue weighted by molar-refractivity contribution is -0.139. The van der Waals surface area contributed by atoms with Crippen molar-refractivity contribution in [1.29, 1.82) is 0 Å². The summed E-state index contributed by atoms with van der Waals surface area (Å²) in [7, 11) is 0. The third-order valence-corrected chi connectivity index (χ3v) is 3.14. The maximum atomic E-state index is 11.9. The summed E-state index contributed by atoms with van der Waals surface area (Å²) in [6, 6.07) is 8.76. The molecule has 5 nitrogen and oxygen atoms in total. The fourth-order valence-corrected chi connectivity index (χ4v) is 2.24. The second kappa shape index (κ2) is 7.82. The van der Waals surface area contributed by atoms with Gasteiger partial charge in [0.15, 0.2) is 0 Å². The number of amides is 1. The van der Waals surface area contributed by atoms with Crippen molar-refractivity contribution in [3.63, 3.8) is 0 Å². The number of hydrogen-bond acceptors (Lipinski definition) is 3. The van der Waals surface area contributed by atoms with Crippen LogP contribution in [0.3, 0.4) is 0 Å². The number of carbonyl (C=O) groups excluding carboxylic acids is 1. The number of carboxylic acids is 1. The second-order valence-corrected chi connectivity index (χ2v) is 6.48. The molecule has 122 valence electrons. The van der Waals surface area contributed by atoms with Gasteiger partial charge >= 0.3 is 12.1 Å². The number of nitrogens with one attached hydrogen (secondary N) is 1. The summed E-state index contributed by atoms with van der Waals surface area (Å²) >= 11 is 0. The normalized spacial score (nSPS) is 12.8. The zero-order valence-electron chi connectivity index (χ0n) is 13.6. The van der Waals surface area contributed by atoms with E-state index < -0.39 is 23.7 Å². The van der Waals surface area contributed by atoms with Crippen LogP contribution in [0.15, 0.2) is 30.3 Å². The fraction of sp³-hybridized carbons (Fsp3) is 0.529. The average molecular weight is 307 g/mol. The molecule has 0 heterocycles. The minimum atomic E-state index is -1.05. The number of benzene rings is 1. The van der Waals surface area contributed by atoms with Gasteiger partial charge in [-0.25, -0.2) is 9.59 Å². The molecule has 1 aromatic rings. The van der Waals surface area contributed by atoms with Gasteiger partial charge in [-0.1, -0.05) is 44.2 Å².